The fourth-order valence-corrected chi connectivity index (χ4v) is 5.05. The highest BCUT2D eigenvalue weighted by molar-refractivity contribution is 5.92. The molecule has 4 rings (SSSR count). The fourth-order valence-electron chi connectivity index (χ4n) is 5.05. The van der Waals surface area contributed by atoms with Gasteiger partial charge in [0.05, 0.1) is 18.8 Å². The van der Waals surface area contributed by atoms with Gasteiger partial charge in [-0.05, 0) is 37.0 Å². The standard InChI is InChI=1S/C25H29NO3/c1-29-22-13-6-5-11-20(22)24-21-12-7-8-16-25(21,28)17-18-26(24)23(27)15-14-19-9-3-2-4-10-19/h2-6,9-11,13-15,21,24,28H,7-8,12,16-18H2,1H3. The van der Waals surface area contributed by atoms with E-state index in [2.05, 4.69) is 0 Å². The Morgan fingerprint density at radius 2 is 1.86 bits per heavy atom. The number of amides is 1. The summed E-state index contributed by atoms with van der Waals surface area (Å²) in [7, 11) is 1.66. The molecule has 0 spiro atoms. The molecule has 0 aromatic heterocycles. The Balaban J connectivity index is 1.69. The molecule has 3 unspecified atom stereocenters. The van der Waals surface area contributed by atoms with E-state index in [-0.39, 0.29) is 17.9 Å². The molecule has 4 heteroatoms. The highest BCUT2D eigenvalue weighted by Crippen LogP contribution is 2.50. The Labute approximate surface area is 172 Å². The zero-order valence-electron chi connectivity index (χ0n) is 17.0. The molecule has 1 saturated heterocycles. The summed E-state index contributed by atoms with van der Waals surface area (Å²) in [4.78, 5) is 15.2. The number of ether oxygens (including phenoxy) is 1. The van der Waals surface area contributed by atoms with Crippen LogP contribution in [-0.4, -0.2) is 35.2 Å². The molecule has 1 aliphatic heterocycles. The molecule has 29 heavy (non-hydrogen) atoms. The van der Waals surface area contributed by atoms with Crippen molar-refractivity contribution in [3.05, 3.63) is 71.8 Å². The molecule has 1 saturated carbocycles. The van der Waals surface area contributed by atoms with Gasteiger partial charge in [0.1, 0.15) is 5.75 Å². The first-order chi connectivity index (χ1) is 14.1. The van der Waals surface area contributed by atoms with Crippen LogP contribution in [0.1, 0.15) is 49.3 Å². The van der Waals surface area contributed by atoms with Gasteiger partial charge in [-0.2, -0.15) is 0 Å². The fraction of sp³-hybridized carbons (Fsp3) is 0.400. The number of carbonyl (C=O) groups excluding carboxylic acids is 1. The van der Waals surface area contributed by atoms with Gasteiger partial charge in [0.15, 0.2) is 0 Å². The highest BCUT2D eigenvalue weighted by atomic mass is 16.5. The minimum Gasteiger partial charge on any atom is -0.496 e. The lowest BCUT2D eigenvalue weighted by atomic mass is 9.66. The molecule has 2 fully saturated rings. The lowest BCUT2D eigenvalue weighted by Gasteiger charge is -2.52. The topological polar surface area (TPSA) is 49.8 Å². The Bertz CT molecular complexity index is 879. The second kappa shape index (κ2) is 8.42. The molecule has 2 aromatic rings. The predicted molar refractivity (Wildman–Crippen MR) is 114 cm³/mol. The summed E-state index contributed by atoms with van der Waals surface area (Å²) in [6.45, 7) is 0.549. The largest absolute Gasteiger partial charge is 0.496 e. The Kier molecular flexibility index (Phi) is 5.72. The third kappa shape index (κ3) is 3.95. The molecule has 2 aliphatic rings. The van der Waals surface area contributed by atoms with Crippen LogP contribution in [0.5, 0.6) is 5.75 Å². The molecule has 1 N–H and O–H groups in total. The molecular formula is C25H29NO3. The molecule has 1 amide bonds. The minimum absolute atomic E-state index is 0.0163. The first-order valence-corrected chi connectivity index (χ1v) is 10.5. The van der Waals surface area contributed by atoms with E-state index in [1.807, 2.05) is 65.6 Å². The summed E-state index contributed by atoms with van der Waals surface area (Å²) in [5.41, 5.74) is 1.28. The SMILES string of the molecule is COc1ccccc1C1C2CCCCC2(O)CCN1C(=O)C=Cc1ccccc1. The number of hydrogen-bond acceptors (Lipinski definition) is 3. The third-order valence-electron chi connectivity index (χ3n) is 6.53. The van der Waals surface area contributed by atoms with Crippen molar-refractivity contribution in [2.24, 2.45) is 5.92 Å². The number of piperidine rings is 1. The van der Waals surface area contributed by atoms with Crippen LogP contribution < -0.4 is 4.74 Å². The maximum atomic E-state index is 13.3. The molecular weight excluding hydrogens is 362 g/mol. The number of fused-ring (bicyclic) bond motifs is 1. The number of hydrogen-bond donors (Lipinski definition) is 1. The van der Waals surface area contributed by atoms with Crippen LogP contribution in [0.2, 0.25) is 0 Å². The van der Waals surface area contributed by atoms with Gasteiger partial charge in [-0.1, -0.05) is 61.4 Å². The lowest BCUT2D eigenvalue weighted by Crippen LogP contribution is -2.56. The van der Waals surface area contributed by atoms with Crippen LogP contribution >= 0.6 is 0 Å². The van der Waals surface area contributed by atoms with Crippen LogP contribution in [0.25, 0.3) is 6.08 Å². The van der Waals surface area contributed by atoms with Crippen molar-refractivity contribution in [2.75, 3.05) is 13.7 Å². The van der Waals surface area contributed by atoms with E-state index >= 15 is 0 Å². The monoisotopic (exact) mass is 391 g/mol. The number of rotatable bonds is 4. The second-order valence-corrected chi connectivity index (χ2v) is 8.17. The highest BCUT2D eigenvalue weighted by Gasteiger charge is 2.50. The number of likely N-dealkylation sites (tertiary alicyclic amines) is 1. The van der Waals surface area contributed by atoms with E-state index in [1.54, 1.807) is 13.2 Å². The van der Waals surface area contributed by atoms with Gasteiger partial charge in [0.25, 0.3) is 0 Å². The normalized spacial score (nSPS) is 26.9. The number of aliphatic hydroxyl groups is 1. The van der Waals surface area contributed by atoms with Crippen molar-refractivity contribution in [3.8, 4) is 5.75 Å². The van der Waals surface area contributed by atoms with Crippen molar-refractivity contribution in [3.63, 3.8) is 0 Å². The van der Waals surface area contributed by atoms with Crippen molar-refractivity contribution < 1.29 is 14.6 Å². The zero-order chi connectivity index (χ0) is 20.3. The van der Waals surface area contributed by atoms with Gasteiger partial charge in [0, 0.05) is 24.1 Å². The smallest absolute Gasteiger partial charge is 0.247 e. The average molecular weight is 392 g/mol. The summed E-state index contributed by atoms with van der Waals surface area (Å²) in [5, 5.41) is 11.4. The summed E-state index contributed by atoms with van der Waals surface area (Å²) >= 11 is 0. The first kappa shape index (κ1) is 19.7. The Morgan fingerprint density at radius 3 is 2.66 bits per heavy atom. The molecule has 0 radical (unpaired) electrons. The second-order valence-electron chi connectivity index (χ2n) is 8.17. The summed E-state index contributed by atoms with van der Waals surface area (Å²) in [5.74, 6) is 0.782. The van der Waals surface area contributed by atoms with E-state index in [9.17, 15) is 9.90 Å². The van der Waals surface area contributed by atoms with Crippen molar-refractivity contribution in [1.82, 2.24) is 4.90 Å². The predicted octanol–water partition coefficient (Wildman–Crippen LogP) is 4.60. The van der Waals surface area contributed by atoms with Crippen molar-refractivity contribution in [2.45, 2.75) is 43.7 Å². The van der Waals surface area contributed by atoms with E-state index < -0.39 is 5.60 Å². The van der Waals surface area contributed by atoms with Crippen LogP contribution in [0, 0.1) is 5.92 Å². The summed E-state index contributed by atoms with van der Waals surface area (Å²) < 4.78 is 5.63. The van der Waals surface area contributed by atoms with E-state index in [4.69, 9.17) is 4.74 Å². The van der Waals surface area contributed by atoms with Crippen LogP contribution in [0.4, 0.5) is 0 Å². The van der Waals surface area contributed by atoms with Gasteiger partial charge in [-0.25, -0.2) is 0 Å². The molecule has 0 bridgehead atoms. The summed E-state index contributed by atoms with van der Waals surface area (Å²) in [6, 6.07) is 17.6. The maximum Gasteiger partial charge on any atom is 0.247 e. The van der Waals surface area contributed by atoms with E-state index in [0.717, 1.165) is 42.6 Å². The molecule has 1 aliphatic carbocycles. The van der Waals surface area contributed by atoms with Crippen molar-refractivity contribution >= 4 is 12.0 Å². The lowest BCUT2D eigenvalue weighted by molar-refractivity contribution is -0.151. The quantitative estimate of drug-likeness (QED) is 0.775. The molecule has 4 nitrogen and oxygen atoms in total. The maximum absolute atomic E-state index is 13.3. The average Bonchev–Trinajstić information content (AvgIpc) is 2.77. The molecule has 1 heterocycles. The van der Waals surface area contributed by atoms with Crippen molar-refractivity contribution in [1.29, 1.82) is 0 Å². The van der Waals surface area contributed by atoms with Gasteiger partial charge in [-0.3, -0.25) is 4.79 Å². The number of carbonyl (C=O) groups is 1. The van der Waals surface area contributed by atoms with E-state index in [1.165, 1.54) is 0 Å². The zero-order valence-corrected chi connectivity index (χ0v) is 17.0. The Morgan fingerprint density at radius 1 is 1.10 bits per heavy atom. The van der Waals surface area contributed by atoms with Gasteiger partial charge >= 0.3 is 0 Å². The number of nitrogens with zero attached hydrogens (tertiary/aromatic N) is 1. The third-order valence-corrected chi connectivity index (χ3v) is 6.53. The number of methoxy groups -OCH3 is 1. The first-order valence-electron chi connectivity index (χ1n) is 10.5. The van der Waals surface area contributed by atoms with Gasteiger partial charge < -0.3 is 14.7 Å². The van der Waals surface area contributed by atoms with Crippen LogP contribution in [-0.2, 0) is 4.79 Å². The molecule has 3 atom stereocenters. The molecule has 152 valence electrons. The van der Waals surface area contributed by atoms with Crippen LogP contribution in [0.15, 0.2) is 60.7 Å². The van der Waals surface area contributed by atoms with Gasteiger partial charge in [-0.15, -0.1) is 0 Å². The number of para-hydroxylation sites is 1. The van der Waals surface area contributed by atoms with Gasteiger partial charge in [0.2, 0.25) is 5.91 Å². The summed E-state index contributed by atoms with van der Waals surface area (Å²) in [6.07, 6.45) is 8.02. The molecule has 2 aromatic carbocycles. The minimum atomic E-state index is -0.705. The number of benzene rings is 2. The Hall–Kier alpha value is -2.59. The van der Waals surface area contributed by atoms with E-state index in [0.29, 0.717) is 13.0 Å². The van der Waals surface area contributed by atoms with Crippen LogP contribution in [0.3, 0.4) is 0 Å².